The van der Waals surface area contributed by atoms with E-state index in [9.17, 15) is 5.11 Å². The Balaban J connectivity index is 0.000000159. The highest BCUT2D eigenvalue weighted by atomic mass is 79.9. The van der Waals surface area contributed by atoms with Gasteiger partial charge in [0, 0.05) is 68.6 Å². The van der Waals surface area contributed by atoms with Gasteiger partial charge in [0.05, 0.1) is 50.4 Å². The zero-order valence-corrected chi connectivity index (χ0v) is 51.8. The number of halogens is 1. The maximum atomic E-state index is 10.0. The van der Waals surface area contributed by atoms with Gasteiger partial charge in [-0.1, -0.05) is 123 Å². The lowest BCUT2D eigenvalue weighted by molar-refractivity contribution is 0.415. The molecule has 0 unspecified atom stereocenters. The lowest BCUT2D eigenvalue weighted by atomic mass is 9.88. The number of fused-ring (bicyclic) bond motifs is 9. The van der Waals surface area contributed by atoms with Gasteiger partial charge in [-0.2, -0.15) is 0 Å². The first kappa shape index (κ1) is 61.0. The van der Waals surface area contributed by atoms with Crippen LogP contribution in [0.4, 0.5) is 0 Å². The van der Waals surface area contributed by atoms with E-state index in [0.717, 1.165) is 43.9 Å². The molecule has 0 atom stereocenters. The Morgan fingerprint density at radius 3 is 1.32 bits per heavy atom. The summed E-state index contributed by atoms with van der Waals surface area (Å²) >= 11 is 3.34. The Morgan fingerprint density at radius 2 is 0.840 bits per heavy atom. The van der Waals surface area contributed by atoms with Crippen molar-refractivity contribution >= 4 is 97.0 Å². The average Bonchev–Trinajstić information content (AvgIpc) is 4.31. The summed E-state index contributed by atoms with van der Waals surface area (Å²) in [5, 5.41) is 17.4. The monoisotopic (exact) mass is 1130 g/mol. The first-order valence-corrected chi connectivity index (χ1v) is 28.3. The minimum absolute atomic E-state index is 0.0508. The van der Waals surface area contributed by atoms with Crippen LogP contribution >= 0.6 is 15.9 Å². The van der Waals surface area contributed by atoms with E-state index in [0.29, 0.717) is 0 Å². The molecule has 0 saturated carbocycles. The normalized spacial score (nSPS) is 11.4. The summed E-state index contributed by atoms with van der Waals surface area (Å²) in [6.45, 7) is 31.4. The molecule has 0 saturated heterocycles. The van der Waals surface area contributed by atoms with Crippen LogP contribution in [0, 0.1) is 27.7 Å². The molecule has 6 aromatic carbocycles. The molecular weight excluding hydrogens is 1060 g/mol. The van der Waals surface area contributed by atoms with Crippen molar-refractivity contribution in [3.05, 3.63) is 208 Å². The predicted molar refractivity (Wildman–Crippen MR) is 351 cm³/mol. The van der Waals surface area contributed by atoms with Crippen molar-refractivity contribution in [1.82, 2.24) is 29.1 Å². The minimum Gasteiger partial charge on any atom is -0.508 e. The van der Waals surface area contributed by atoms with E-state index in [-0.39, 0.29) is 22.0 Å². The quantitative estimate of drug-likeness (QED) is 0.136. The fraction of sp³-hybridized carbons (Fsp3) is 0.271. The highest BCUT2D eigenvalue weighted by Crippen LogP contribution is 2.37. The minimum atomic E-state index is 0.0508. The van der Waals surface area contributed by atoms with Crippen LogP contribution in [0.15, 0.2) is 169 Å². The highest BCUT2D eigenvalue weighted by molar-refractivity contribution is 9.10. The molecule has 0 fully saturated rings. The second kappa shape index (κ2) is 25.4. The largest absolute Gasteiger partial charge is 0.508 e. The van der Waals surface area contributed by atoms with Crippen molar-refractivity contribution in [3.63, 3.8) is 0 Å². The van der Waals surface area contributed by atoms with E-state index in [1.807, 2.05) is 48.9 Å². The number of methoxy groups -OCH3 is 1. The average molecular weight is 1140 g/mol. The smallest absolute Gasteiger partial charge is 0.137 e. The second-order valence-electron chi connectivity index (χ2n) is 23.4. The number of nitrogens with zero attached hydrogens (tertiary/aromatic N) is 5. The molecular formula is C70H77B2BrN6O2. The van der Waals surface area contributed by atoms with Gasteiger partial charge in [0.2, 0.25) is 0 Å². The fourth-order valence-electron chi connectivity index (χ4n) is 9.87. The van der Waals surface area contributed by atoms with Gasteiger partial charge in [-0.25, -0.2) is 15.0 Å². The van der Waals surface area contributed by atoms with Crippen LogP contribution in [-0.2, 0) is 16.2 Å². The summed E-state index contributed by atoms with van der Waals surface area (Å²) in [6.07, 6.45) is 5.62. The number of hydrogen-bond acceptors (Lipinski definition) is 5. The molecule has 12 aromatic rings. The van der Waals surface area contributed by atoms with Crippen molar-refractivity contribution in [2.24, 2.45) is 0 Å². The van der Waals surface area contributed by atoms with Gasteiger partial charge < -0.3 is 14.8 Å². The molecule has 6 heterocycles. The molecule has 2 N–H and O–H groups in total. The summed E-state index contributed by atoms with van der Waals surface area (Å²) in [5.41, 5.74) is 16.1. The van der Waals surface area contributed by atoms with Crippen LogP contribution in [0.1, 0.15) is 101 Å². The van der Waals surface area contributed by atoms with Crippen molar-refractivity contribution in [2.75, 3.05) is 7.11 Å². The third-order valence-electron chi connectivity index (χ3n) is 14.2. The third kappa shape index (κ3) is 13.9. The van der Waals surface area contributed by atoms with Gasteiger partial charge in [0.1, 0.15) is 27.7 Å². The van der Waals surface area contributed by atoms with Crippen molar-refractivity contribution in [3.8, 4) is 23.1 Å². The summed E-state index contributed by atoms with van der Waals surface area (Å²) in [7, 11) is 10.7. The molecule has 0 aliphatic heterocycles. The number of aromatic hydroxyl groups is 1. The van der Waals surface area contributed by atoms with E-state index >= 15 is 0 Å². The number of ether oxygens (including phenoxy) is 1. The SMILES string of the molecule is CC(C)(C)c1ccnc(Br)c1.COc1ccc2c(c1)[nH]c1ccc(C)cc12.Cc1ccc2c(c1)c1ccc(C)cc1n2-c1cc(C(C)(C)C)ccn1.Cc1ccc2c(c1)c1ccc(O)cc1n2-c1cc(C(C)(C)C)ccn1.[B]C.[B]C. The molecule has 6 aromatic heterocycles. The number of rotatable bonds is 3. The van der Waals surface area contributed by atoms with Gasteiger partial charge >= 0.3 is 0 Å². The highest BCUT2D eigenvalue weighted by Gasteiger charge is 2.20. The number of pyridine rings is 3. The molecule has 4 radical (unpaired) electrons. The lowest BCUT2D eigenvalue weighted by Crippen LogP contribution is -2.12. The van der Waals surface area contributed by atoms with E-state index in [1.54, 1.807) is 13.2 Å². The Labute approximate surface area is 491 Å². The maximum absolute atomic E-state index is 10.0. The fourth-order valence-corrected chi connectivity index (χ4v) is 10.2. The van der Waals surface area contributed by atoms with Gasteiger partial charge in [0.15, 0.2) is 0 Å². The Morgan fingerprint density at radius 1 is 0.420 bits per heavy atom. The number of aromatic amines is 1. The number of benzene rings is 6. The zero-order valence-electron chi connectivity index (χ0n) is 50.2. The van der Waals surface area contributed by atoms with E-state index in [4.69, 9.17) is 9.72 Å². The molecule has 412 valence electrons. The number of nitrogens with one attached hydrogen (secondary N) is 1. The van der Waals surface area contributed by atoms with Crippen LogP contribution in [-0.4, -0.2) is 57.0 Å². The Hall–Kier alpha value is -7.62. The van der Waals surface area contributed by atoms with Gasteiger partial charge in [-0.3, -0.25) is 9.13 Å². The van der Waals surface area contributed by atoms with Crippen molar-refractivity contribution in [1.29, 1.82) is 0 Å². The number of phenolic OH excluding ortho intramolecular Hbond substituents is 1. The van der Waals surface area contributed by atoms with E-state index in [1.165, 1.54) is 96.1 Å². The van der Waals surface area contributed by atoms with Crippen LogP contribution < -0.4 is 4.74 Å². The third-order valence-corrected chi connectivity index (χ3v) is 14.7. The summed E-state index contributed by atoms with van der Waals surface area (Å²) < 4.78 is 10.6. The first-order valence-electron chi connectivity index (χ1n) is 27.5. The van der Waals surface area contributed by atoms with Crippen LogP contribution in [0.25, 0.3) is 77.1 Å². The molecule has 0 aliphatic rings. The predicted octanol–water partition coefficient (Wildman–Crippen LogP) is 18.8. The lowest BCUT2D eigenvalue weighted by Gasteiger charge is -2.20. The Bertz CT molecular complexity index is 3950. The molecule has 8 nitrogen and oxygen atoms in total. The maximum Gasteiger partial charge on any atom is 0.137 e. The summed E-state index contributed by atoms with van der Waals surface area (Å²) in [6, 6.07) is 50.6. The molecule has 81 heavy (non-hydrogen) atoms. The number of aryl methyl sites for hydroxylation is 4. The van der Waals surface area contributed by atoms with E-state index in [2.05, 4.69) is 255 Å². The van der Waals surface area contributed by atoms with Gasteiger partial charge in [-0.05, 0) is 185 Å². The molecule has 0 bridgehead atoms. The molecule has 0 spiro atoms. The van der Waals surface area contributed by atoms with Crippen LogP contribution in [0.5, 0.6) is 11.5 Å². The van der Waals surface area contributed by atoms with Gasteiger partial charge in [0.25, 0.3) is 0 Å². The standard InChI is InChI=1S/C23H24N2.C22H22N2O.C14H13NO.C9H12BrN.2CH3B/c1-15-7-9-20-19(12-15)18-8-6-16(2)13-21(18)25(20)22-14-17(10-11-24-22)23(3,4)5;1-14-5-8-19-18(11-14)17-7-6-16(25)13-20(17)24(19)21-12-15(9-10-23-21)22(2,3)4;1-9-3-6-13-12(7-9)11-5-4-10(16-2)8-14(11)15-13;1-9(2,3)7-4-5-11-8(10)6-7;2*1-2/h6-14H,1-5H3;5-13,25H,1-4H3;3-8,15H,1-2H3;4-6H,1-3H3;2*1H3. The van der Waals surface area contributed by atoms with Crippen LogP contribution in [0.2, 0.25) is 13.6 Å². The topological polar surface area (TPSA) is 93.8 Å². The Kier molecular flexibility index (Phi) is 19.2. The summed E-state index contributed by atoms with van der Waals surface area (Å²) in [4.78, 5) is 16.8. The number of phenols is 1. The van der Waals surface area contributed by atoms with Gasteiger partial charge in [-0.15, -0.1) is 0 Å². The van der Waals surface area contributed by atoms with E-state index < -0.39 is 0 Å². The van der Waals surface area contributed by atoms with Crippen molar-refractivity contribution in [2.45, 2.75) is 120 Å². The molecule has 0 aliphatic carbocycles. The first-order chi connectivity index (χ1) is 38.5. The summed E-state index contributed by atoms with van der Waals surface area (Å²) in [5.74, 6) is 3.01. The zero-order chi connectivity index (χ0) is 59.1. The van der Waals surface area contributed by atoms with Crippen molar-refractivity contribution < 1.29 is 9.84 Å². The van der Waals surface area contributed by atoms with Crippen LogP contribution in [0.3, 0.4) is 0 Å². The molecule has 11 heteroatoms. The number of aromatic nitrogens is 6. The molecule has 0 amide bonds. The molecule has 12 rings (SSSR count). The second-order valence-corrected chi connectivity index (χ2v) is 24.3. The number of hydrogen-bond donors (Lipinski definition) is 2. The number of H-pyrrole nitrogens is 1.